The van der Waals surface area contributed by atoms with Gasteiger partial charge in [-0.3, -0.25) is 4.79 Å². The third-order valence-corrected chi connectivity index (χ3v) is 4.22. The molecule has 2 heterocycles. The predicted octanol–water partition coefficient (Wildman–Crippen LogP) is 2.49. The molecule has 2 aliphatic heterocycles. The van der Waals surface area contributed by atoms with Crippen LogP contribution >= 0.6 is 0 Å². The molecule has 4 nitrogen and oxygen atoms in total. The molecule has 0 saturated carbocycles. The van der Waals surface area contributed by atoms with Crippen molar-refractivity contribution in [1.29, 1.82) is 0 Å². The molecule has 0 spiro atoms. The van der Waals surface area contributed by atoms with Gasteiger partial charge in [-0.1, -0.05) is 18.2 Å². The van der Waals surface area contributed by atoms with Crippen molar-refractivity contribution in [3.8, 4) is 11.5 Å². The van der Waals surface area contributed by atoms with Gasteiger partial charge in [0.2, 0.25) is 0 Å². The zero-order valence-electron chi connectivity index (χ0n) is 12.2. The first-order valence-electron chi connectivity index (χ1n) is 7.59. The van der Waals surface area contributed by atoms with Gasteiger partial charge < -0.3 is 14.8 Å². The van der Waals surface area contributed by atoms with Crippen LogP contribution in [0.4, 0.5) is 0 Å². The fourth-order valence-electron chi connectivity index (χ4n) is 3.13. The van der Waals surface area contributed by atoms with Gasteiger partial charge in [0.1, 0.15) is 11.5 Å². The van der Waals surface area contributed by atoms with Crippen molar-refractivity contribution in [3.05, 3.63) is 58.7 Å². The maximum absolute atomic E-state index is 12.2. The molecule has 1 N–H and O–H groups in total. The molecular weight excluding hydrogens is 278 g/mol. The highest BCUT2D eigenvalue weighted by Gasteiger charge is 2.26. The van der Waals surface area contributed by atoms with E-state index < -0.39 is 0 Å². The first-order valence-corrected chi connectivity index (χ1v) is 7.59. The molecule has 0 unspecified atom stereocenters. The molecule has 2 aliphatic rings. The van der Waals surface area contributed by atoms with Crippen LogP contribution in [-0.2, 0) is 19.4 Å². The van der Waals surface area contributed by atoms with E-state index >= 15 is 0 Å². The van der Waals surface area contributed by atoms with Crippen LogP contribution in [-0.4, -0.2) is 19.1 Å². The summed E-state index contributed by atoms with van der Waals surface area (Å²) in [6.07, 6.45) is 1.79. The number of hydrogen-bond acceptors (Lipinski definition) is 3. The predicted molar refractivity (Wildman–Crippen MR) is 82.5 cm³/mol. The highest BCUT2D eigenvalue weighted by molar-refractivity contribution is 5.94. The smallest absolute Gasteiger partial charge is 0.251 e. The lowest BCUT2D eigenvalue weighted by Crippen LogP contribution is -2.23. The average Bonchev–Trinajstić information content (AvgIpc) is 3.20. The summed E-state index contributed by atoms with van der Waals surface area (Å²) in [5.41, 5.74) is 4.11. The summed E-state index contributed by atoms with van der Waals surface area (Å²) in [6, 6.07) is 11.4. The third-order valence-electron chi connectivity index (χ3n) is 4.22. The molecule has 0 bridgehead atoms. The largest absolute Gasteiger partial charge is 0.493 e. The Balaban J connectivity index is 1.60. The maximum Gasteiger partial charge on any atom is 0.251 e. The lowest BCUT2D eigenvalue weighted by molar-refractivity contribution is 0.0950. The number of nitrogens with one attached hydrogen (secondary N) is 1. The molecule has 0 aromatic heterocycles. The second kappa shape index (κ2) is 5.37. The molecular formula is C18H17NO3. The Morgan fingerprint density at radius 2 is 1.91 bits per heavy atom. The summed E-state index contributed by atoms with van der Waals surface area (Å²) < 4.78 is 11.5. The summed E-state index contributed by atoms with van der Waals surface area (Å²) in [4.78, 5) is 12.2. The molecule has 112 valence electrons. The van der Waals surface area contributed by atoms with Crippen LogP contribution in [0.15, 0.2) is 36.4 Å². The van der Waals surface area contributed by atoms with Crippen molar-refractivity contribution in [2.24, 2.45) is 0 Å². The molecule has 0 atom stereocenters. The lowest BCUT2D eigenvalue weighted by atomic mass is 9.99. The van der Waals surface area contributed by atoms with Crippen molar-refractivity contribution >= 4 is 5.91 Å². The average molecular weight is 295 g/mol. The van der Waals surface area contributed by atoms with E-state index in [0.29, 0.717) is 25.3 Å². The van der Waals surface area contributed by atoms with Crippen LogP contribution < -0.4 is 14.8 Å². The second-order valence-corrected chi connectivity index (χ2v) is 5.57. The summed E-state index contributed by atoms with van der Waals surface area (Å²) >= 11 is 0. The second-order valence-electron chi connectivity index (χ2n) is 5.57. The van der Waals surface area contributed by atoms with Gasteiger partial charge in [-0.15, -0.1) is 0 Å². The minimum Gasteiger partial charge on any atom is -0.493 e. The zero-order valence-corrected chi connectivity index (χ0v) is 12.2. The lowest BCUT2D eigenvalue weighted by Gasteiger charge is -2.13. The molecule has 0 radical (unpaired) electrons. The molecule has 1 amide bonds. The van der Waals surface area contributed by atoms with Gasteiger partial charge in [-0.25, -0.2) is 0 Å². The minimum atomic E-state index is -0.0659. The fourth-order valence-corrected chi connectivity index (χ4v) is 3.13. The summed E-state index contributed by atoms with van der Waals surface area (Å²) in [5, 5.41) is 3.00. The van der Waals surface area contributed by atoms with E-state index in [0.717, 1.165) is 29.9 Å². The van der Waals surface area contributed by atoms with Gasteiger partial charge in [0.05, 0.1) is 13.2 Å². The Kier molecular flexibility index (Phi) is 3.22. The van der Waals surface area contributed by atoms with Crippen LogP contribution in [0.25, 0.3) is 0 Å². The number of carbonyl (C=O) groups excluding carboxylic acids is 1. The van der Waals surface area contributed by atoms with E-state index in [1.165, 1.54) is 11.1 Å². The minimum absolute atomic E-state index is 0.0659. The Bertz CT molecular complexity index is 693. The van der Waals surface area contributed by atoms with E-state index in [-0.39, 0.29) is 5.91 Å². The highest BCUT2D eigenvalue weighted by Crippen LogP contribution is 2.40. The monoisotopic (exact) mass is 295 g/mol. The van der Waals surface area contributed by atoms with Crippen LogP contribution in [0.2, 0.25) is 0 Å². The number of amides is 1. The van der Waals surface area contributed by atoms with Gasteiger partial charge in [0.15, 0.2) is 0 Å². The van der Waals surface area contributed by atoms with Gasteiger partial charge in [-0.2, -0.15) is 0 Å². The number of hydrogen-bond donors (Lipinski definition) is 1. The van der Waals surface area contributed by atoms with Gasteiger partial charge >= 0.3 is 0 Å². The van der Waals surface area contributed by atoms with Crippen LogP contribution in [0.1, 0.15) is 27.0 Å². The number of rotatable bonds is 3. The van der Waals surface area contributed by atoms with Crippen LogP contribution in [0, 0.1) is 0 Å². The van der Waals surface area contributed by atoms with E-state index in [9.17, 15) is 4.79 Å². The van der Waals surface area contributed by atoms with E-state index in [4.69, 9.17) is 9.47 Å². The molecule has 4 rings (SSSR count). The Labute approximate surface area is 129 Å². The summed E-state index contributed by atoms with van der Waals surface area (Å²) in [7, 11) is 0. The van der Waals surface area contributed by atoms with Crippen LogP contribution in [0.5, 0.6) is 11.5 Å². The fraction of sp³-hybridized carbons (Fsp3) is 0.278. The molecule has 4 heteroatoms. The molecule has 2 aromatic rings. The number of benzene rings is 2. The first-order chi connectivity index (χ1) is 10.8. The molecule has 22 heavy (non-hydrogen) atoms. The third kappa shape index (κ3) is 2.21. The van der Waals surface area contributed by atoms with Crippen molar-refractivity contribution in [3.63, 3.8) is 0 Å². The number of ether oxygens (including phenoxy) is 2. The van der Waals surface area contributed by atoms with Gasteiger partial charge in [0, 0.05) is 41.6 Å². The van der Waals surface area contributed by atoms with Crippen molar-refractivity contribution in [2.45, 2.75) is 19.4 Å². The van der Waals surface area contributed by atoms with Crippen molar-refractivity contribution in [1.82, 2.24) is 5.32 Å². The van der Waals surface area contributed by atoms with Gasteiger partial charge in [-0.05, 0) is 18.2 Å². The first kappa shape index (κ1) is 13.2. The topological polar surface area (TPSA) is 47.6 Å². The molecule has 0 saturated heterocycles. The Hall–Kier alpha value is -2.49. The van der Waals surface area contributed by atoms with E-state index in [2.05, 4.69) is 11.4 Å². The quantitative estimate of drug-likeness (QED) is 0.946. The Morgan fingerprint density at radius 3 is 2.77 bits per heavy atom. The van der Waals surface area contributed by atoms with Crippen molar-refractivity contribution < 1.29 is 14.3 Å². The number of carbonyl (C=O) groups is 1. The summed E-state index contributed by atoms with van der Waals surface area (Å²) in [5.74, 6) is 1.83. The standard InChI is InChI=1S/C18H17NO3/c20-18(12-4-2-1-3-5-12)19-11-15-14-7-9-21-16(14)10-13-6-8-22-17(13)15/h1-5,10H,6-9,11H2,(H,19,20). The molecule has 0 fully saturated rings. The molecule has 2 aromatic carbocycles. The molecule has 0 aliphatic carbocycles. The van der Waals surface area contributed by atoms with E-state index in [1.54, 1.807) is 0 Å². The van der Waals surface area contributed by atoms with E-state index in [1.807, 2.05) is 30.3 Å². The zero-order chi connectivity index (χ0) is 14.9. The SMILES string of the molecule is O=C(NCc1c2c(cc3c1OCC3)OCC2)c1ccccc1. The van der Waals surface area contributed by atoms with Crippen LogP contribution in [0.3, 0.4) is 0 Å². The highest BCUT2D eigenvalue weighted by atomic mass is 16.5. The number of fused-ring (bicyclic) bond motifs is 2. The maximum atomic E-state index is 12.2. The Morgan fingerprint density at radius 1 is 1.09 bits per heavy atom. The van der Waals surface area contributed by atoms with Gasteiger partial charge in [0.25, 0.3) is 5.91 Å². The summed E-state index contributed by atoms with van der Waals surface area (Å²) in [6.45, 7) is 1.89. The normalized spacial score (nSPS) is 14.7. The van der Waals surface area contributed by atoms with Crippen molar-refractivity contribution in [2.75, 3.05) is 13.2 Å².